The lowest BCUT2D eigenvalue weighted by molar-refractivity contribution is 0.563. The van der Waals surface area contributed by atoms with Gasteiger partial charge in [0.1, 0.15) is 10.6 Å². The normalized spacial score (nSPS) is 11.7. The molecule has 0 unspecified atom stereocenters. The molecule has 2 aromatic heterocycles. The Bertz CT molecular complexity index is 1340. The summed E-state index contributed by atoms with van der Waals surface area (Å²) < 4.78 is 6.83. The second kappa shape index (κ2) is 10.3. The summed E-state index contributed by atoms with van der Waals surface area (Å²) in [5, 5.41) is 1.62. The van der Waals surface area contributed by atoms with Gasteiger partial charge in [-0.05, 0) is 67.5 Å². The maximum absolute atomic E-state index is 12.9. The zero-order valence-corrected chi connectivity index (χ0v) is 22.9. The first kappa shape index (κ1) is 26.0. The molecule has 34 heavy (non-hydrogen) atoms. The van der Waals surface area contributed by atoms with E-state index in [-0.39, 0.29) is 11.0 Å². The molecule has 182 valence electrons. The lowest BCUT2D eigenvalue weighted by Crippen LogP contribution is -2.21. The Kier molecular flexibility index (Phi) is 7.87. The van der Waals surface area contributed by atoms with Crippen LogP contribution in [0.4, 0.5) is 5.69 Å². The van der Waals surface area contributed by atoms with Crippen molar-refractivity contribution in [1.82, 2.24) is 4.98 Å². The zero-order chi connectivity index (χ0) is 25.2. The van der Waals surface area contributed by atoms with Gasteiger partial charge in [0, 0.05) is 30.2 Å². The van der Waals surface area contributed by atoms with Crippen LogP contribution in [-0.4, -0.2) is 18.1 Å². The topological polar surface area (TPSA) is 46.3 Å². The van der Waals surface area contributed by atoms with Gasteiger partial charge in [-0.3, -0.25) is 0 Å². The van der Waals surface area contributed by atoms with E-state index < -0.39 is 0 Å². The van der Waals surface area contributed by atoms with E-state index in [1.165, 1.54) is 11.1 Å². The maximum atomic E-state index is 12.9. The molecule has 0 aliphatic heterocycles. The summed E-state index contributed by atoms with van der Waals surface area (Å²) in [6.07, 6.45) is 0. The molecule has 4 nitrogen and oxygen atoms in total. The van der Waals surface area contributed by atoms with Crippen molar-refractivity contribution < 1.29 is 4.42 Å². The van der Waals surface area contributed by atoms with Crippen LogP contribution in [0, 0.1) is 12.8 Å². The number of rotatable bonds is 4. The molecule has 0 aliphatic rings. The largest absolute Gasteiger partial charge is 0.422 e. The van der Waals surface area contributed by atoms with E-state index in [1.807, 2.05) is 18.2 Å². The van der Waals surface area contributed by atoms with Crippen LogP contribution >= 0.6 is 11.3 Å². The molecule has 0 amide bonds. The molecule has 0 saturated heterocycles. The van der Waals surface area contributed by atoms with Gasteiger partial charge in [-0.2, -0.15) is 0 Å². The molecule has 4 aromatic rings. The van der Waals surface area contributed by atoms with E-state index in [0.717, 1.165) is 40.3 Å². The fourth-order valence-electron chi connectivity index (χ4n) is 3.89. The highest BCUT2D eigenvalue weighted by atomic mass is 32.1. The summed E-state index contributed by atoms with van der Waals surface area (Å²) in [5.41, 5.74) is 5.22. The summed E-state index contributed by atoms with van der Waals surface area (Å²) in [6.45, 7) is 21.2. The monoisotopic (exact) mass is 478 g/mol. The fourth-order valence-corrected chi connectivity index (χ4v) is 4.98. The van der Waals surface area contributed by atoms with Gasteiger partial charge in [0.25, 0.3) is 0 Å². The molecule has 0 fully saturated rings. The summed E-state index contributed by atoms with van der Waals surface area (Å²) in [4.78, 5) is 20.0. The van der Waals surface area contributed by atoms with Crippen molar-refractivity contribution in [1.29, 1.82) is 0 Å². The molecule has 0 aliphatic carbocycles. The van der Waals surface area contributed by atoms with Gasteiger partial charge < -0.3 is 9.32 Å². The minimum Gasteiger partial charge on any atom is -0.422 e. The number of fused-ring (bicyclic) bond motifs is 2. The summed E-state index contributed by atoms with van der Waals surface area (Å²) in [7, 11) is 0. The number of aromatic nitrogens is 1. The first-order chi connectivity index (χ1) is 15.9. The minimum absolute atomic E-state index is 0.0233. The molecule has 0 saturated carbocycles. The Hall–Kier alpha value is -2.66. The van der Waals surface area contributed by atoms with Gasteiger partial charge in [0.2, 0.25) is 0 Å². The van der Waals surface area contributed by atoms with Crippen LogP contribution in [0.15, 0.2) is 45.6 Å². The Morgan fingerprint density at radius 3 is 2.26 bits per heavy atom. The number of hydrogen-bond acceptors (Lipinski definition) is 5. The average molecular weight is 479 g/mol. The minimum atomic E-state index is -0.340. The van der Waals surface area contributed by atoms with Gasteiger partial charge >= 0.3 is 5.63 Å². The molecule has 0 spiro atoms. The number of anilines is 1. The van der Waals surface area contributed by atoms with E-state index in [4.69, 9.17) is 9.40 Å². The van der Waals surface area contributed by atoms with Crippen LogP contribution in [0.25, 0.3) is 31.8 Å². The Morgan fingerprint density at radius 1 is 1.03 bits per heavy atom. The highest BCUT2D eigenvalue weighted by Crippen LogP contribution is 2.37. The molecule has 2 heterocycles. The van der Waals surface area contributed by atoms with Crippen molar-refractivity contribution in [2.75, 3.05) is 18.0 Å². The Labute approximate surface area is 207 Å². The van der Waals surface area contributed by atoms with Gasteiger partial charge in [-0.15, -0.1) is 11.3 Å². The molecule has 5 heteroatoms. The molecule has 0 N–H and O–H groups in total. The predicted molar refractivity (Wildman–Crippen MR) is 149 cm³/mol. The van der Waals surface area contributed by atoms with Gasteiger partial charge in [-0.25, -0.2) is 9.78 Å². The van der Waals surface area contributed by atoms with Crippen molar-refractivity contribution in [2.45, 2.75) is 67.7 Å². The summed E-state index contributed by atoms with van der Waals surface area (Å²) >= 11 is 1.55. The van der Waals surface area contributed by atoms with Crippen LogP contribution in [-0.2, 0) is 5.41 Å². The smallest absolute Gasteiger partial charge is 0.346 e. The molecule has 4 rings (SSSR count). The van der Waals surface area contributed by atoms with Crippen molar-refractivity contribution in [3.63, 3.8) is 0 Å². The van der Waals surface area contributed by atoms with E-state index in [2.05, 4.69) is 85.4 Å². The van der Waals surface area contributed by atoms with Crippen LogP contribution < -0.4 is 10.5 Å². The van der Waals surface area contributed by atoms with Gasteiger partial charge in [0.05, 0.1) is 15.8 Å². The number of thiazole rings is 1. The SMILES string of the molecule is CC(C)C.CCN(CC)c1ccc2cc(-c3nc4c(C(C)(C)C)cc(C)cc4s3)c(=O)oc2c1. The highest BCUT2D eigenvalue weighted by Gasteiger charge is 2.21. The van der Waals surface area contributed by atoms with Crippen LogP contribution in [0.1, 0.15) is 66.5 Å². The second-order valence-corrected chi connectivity index (χ2v) is 11.5. The number of aryl methyl sites for hydroxylation is 1. The van der Waals surface area contributed by atoms with Crippen molar-refractivity contribution in [2.24, 2.45) is 5.92 Å². The van der Waals surface area contributed by atoms with E-state index in [1.54, 1.807) is 11.3 Å². The third kappa shape index (κ3) is 5.69. The van der Waals surface area contributed by atoms with E-state index in [9.17, 15) is 4.79 Å². The maximum Gasteiger partial charge on any atom is 0.346 e. The van der Waals surface area contributed by atoms with Crippen LogP contribution in [0.2, 0.25) is 0 Å². The molecule has 0 atom stereocenters. The Morgan fingerprint density at radius 2 is 1.68 bits per heavy atom. The van der Waals surface area contributed by atoms with E-state index in [0.29, 0.717) is 16.2 Å². The average Bonchev–Trinajstić information content (AvgIpc) is 3.15. The first-order valence-corrected chi connectivity index (χ1v) is 13.0. The highest BCUT2D eigenvalue weighted by molar-refractivity contribution is 7.21. The number of nitrogens with zero attached hydrogens (tertiary/aromatic N) is 2. The van der Waals surface area contributed by atoms with Crippen molar-refractivity contribution >= 4 is 38.2 Å². The number of hydrogen-bond donors (Lipinski definition) is 0. The predicted octanol–water partition coefficient (Wildman–Crippen LogP) is 8.18. The zero-order valence-electron chi connectivity index (χ0n) is 22.1. The lowest BCUT2D eigenvalue weighted by atomic mass is 9.85. The third-order valence-electron chi connectivity index (χ3n) is 5.53. The molecule has 0 bridgehead atoms. The third-order valence-corrected chi connectivity index (χ3v) is 6.56. The quantitative estimate of drug-likeness (QED) is 0.277. The first-order valence-electron chi connectivity index (χ1n) is 12.2. The van der Waals surface area contributed by atoms with E-state index >= 15 is 0 Å². The van der Waals surface area contributed by atoms with Gasteiger partial charge in [0.15, 0.2) is 0 Å². The Balaban J connectivity index is 0.000000751. The molecule has 0 radical (unpaired) electrons. The van der Waals surface area contributed by atoms with Gasteiger partial charge in [-0.1, -0.05) is 47.6 Å². The molecular formula is C29H38N2O2S. The van der Waals surface area contributed by atoms with Crippen molar-refractivity contribution in [3.05, 3.63) is 57.9 Å². The standard InChI is InChI=1S/C25H28N2O2S.C4H10/c1-7-27(8-2)17-10-9-16-13-18(24(28)29-20(16)14-17)23-26-22-19(25(4,5)6)11-15(3)12-21(22)30-23;1-4(2)3/h9-14H,7-8H2,1-6H3;4H,1-3H3. The van der Waals surface area contributed by atoms with Crippen LogP contribution in [0.5, 0.6) is 0 Å². The van der Waals surface area contributed by atoms with Crippen LogP contribution in [0.3, 0.4) is 0 Å². The fraction of sp³-hybridized carbons (Fsp3) is 0.448. The lowest BCUT2D eigenvalue weighted by Gasteiger charge is -2.20. The molecule has 2 aromatic carbocycles. The molecular weight excluding hydrogens is 440 g/mol. The number of benzene rings is 2. The summed E-state index contributed by atoms with van der Waals surface area (Å²) in [6, 6.07) is 12.3. The second-order valence-electron chi connectivity index (χ2n) is 10.5. The summed E-state index contributed by atoms with van der Waals surface area (Å²) in [5.74, 6) is 0.833. The van der Waals surface area contributed by atoms with Crippen molar-refractivity contribution in [3.8, 4) is 10.6 Å².